The number of nitrogens with two attached hydrogens (primary N) is 1. The maximum atomic E-state index is 11.0. The van der Waals surface area contributed by atoms with Crippen molar-refractivity contribution in [2.45, 2.75) is 0 Å². The van der Waals surface area contributed by atoms with Gasteiger partial charge < -0.3 is 10.6 Å². The first kappa shape index (κ1) is 9.32. The molecule has 78 valence electrons. The maximum absolute atomic E-state index is 11.0. The number of nitrogen functional groups attached to an aromatic ring is 1. The van der Waals surface area contributed by atoms with Crippen LogP contribution in [0.25, 0.3) is 11.4 Å². The summed E-state index contributed by atoms with van der Waals surface area (Å²) in [6.45, 7) is 0. The lowest BCUT2D eigenvalue weighted by atomic mass is 10.2. The first-order valence-electron chi connectivity index (χ1n) is 4.29. The Morgan fingerprint density at radius 1 is 1.40 bits per heavy atom. The van der Waals surface area contributed by atoms with Crippen LogP contribution in [-0.4, -0.2) is 22.0 Å². The summed E-state index contributed by atoms with van der Waals surface area (Å²) < 4.78 is 5.97. The number of hydrogen-bond donors (Lipinski definition) is 2. The highest BCUT2D eigenvalue weighted by atomic mass is 16.5. The molecule has 0 aliphatic heterocycles. The van der Waals surface area contributed by atoms with E-state index in [1.807, 2.05) is 0 Å². The molecule has 15 heavy (non-hydrogen) atoms. The highest BCUT2D eigenvalue weighted by Gasteiger charge is 2.07. The van der Waals surface area contributed by atoms with E-state index in [0.717, 1.165) is 16.0 Å². The zero-order chi connectivity index (χ0) is 10.8. The molecular formula is C9H10N4O2. The number of methoxy groups -OCH3 is 1. The van der Waals surface area contributed by atoms with Gasteiger partial charge in [-0.3, -0.25) is 0 Å². The normalized spacial score (nSPS) is 10.2. The Bertz CT molecular complexity index is 512. The van der Waals surface area contributed by atoms with Gasteiger partial charge in [-0.05, 0) is 24.3 Å². The molecule has 3 N–H and O–H groups in total. The fourth-order valence-electron chi connectivity index (χ4n) is 1.25. The van der Waals surface area contributed by atoms with Crippen LogP contribution in [0, 0.1) is 0 Å². The van der Waals surface area contributed by atoms with Crippen LogP contribution in [0.4, 0.5) is 0 Å². The second kappa shape index (κ2) is 3.49. The topological polar surface area (TPSA) is 85.9 Å². The maximum Gasteiger partial charge on any atom is 0.362 e. The number of hydrogen-bond acceptors (Lipinski definition) is 4. The Labute approximate surface area is 85.3 Å². The van der Waals surface area contributed by atoms with E-state index in [-0.39, 0.29) is 0 Å². The van der Waals surface area contributed by atoms with Crippen LogP contribution < -0.4 is 16.3 Å². The number of aromatic nitrogens is 3. The van der Waals surface area contributed by atoms with Gasteiger partial charge in [0, 0.05) is 5.56 Å². The molecule has 0 saturated heterocycles. The predicted molar refractivity (Wildman–Crippen MR) is 55.0 cm³/mol. The van der Waals surface area contributed by atoms with Crippen LogP contribution in [0.15, 0.2) is 29.1 Å². The molecule has 2 rings (SSSR count). The summed E-state index contributed by atoms with van der Waals surface area (Å²) >= 11 is 0. The lowest BCUT2D eigenvalue weighted by Gasteiger charge is -2.01. The molecule has 0 atom stereocenters. The van der Waals surface area contributed by atoms with Crippen molar-refractivity contribution in [2.24, 2.45) is 0 Å². The van der Waals surface area contributed by atoms with Crippen LogP contribution in [-0.2, 0) is 0 Å². The van der Waals surface area contributed by atoms with E-state index in [1.54, 1.807) is 31.4 Å². The molecule has 0 bridgehead atoms. The Balaban J connectivity index is 2.46. The smallest absolute Gasteiger partial charge is 0.362 e. The van der Waals surface area contributed by atoms with E-state index >= 15 is 0 Å². The molecule has 6 heteroatoms. The Kier molecular flexibility index (Phi) is 2.17. The number of benzene rings is 1. The molecule has 0 spiro atoms. The molecule has 2 aromatic rings. The molecule has 1 heterocycles. The zero-order valence-corrected chi connectivity index (χ0v) is 8.10. The number of H-pyrrole nitrogens is 1. The third-order valence-corrected chi connectivity index (χ3v) is 2.05. The zero-order valence-electron chi connectivity index (χ0n) is 8.10. The SMILES string of the molecule is COc1ccc(-c2n[nH]c(=O)n2N)cc1. The molecule has 0 aliphatic rings. The molecule has 0 amide bonds. The van der Waals surface area contributed by atoms with Crippen molar-refractivity contribution < 1.29 is 4.74 Å². The lowest BCUT2D eigenvalue weighted by Crippen LogP contribution is -2.24. The molecule has 0 fully saturated rings. The van der Waals surface area contributed by atoms with Gasteiger partial charge in [-0.25, -0.2) is 9.89 Å². The summed E-state index contributed by atoms with van der Waals surface area (Å²) in [5.41, 5.74) is 0.303. The van der Waals surface area contributed by atoms with Gasteiger partial charge in [0.1, 0.15) is 5.75 Å². The van der Waals surface area contributed by atoms with E-state index < -0.39 is 5.69 Å². The third-order valence-electron chi connectivity index (χ3n) is 2.05. The highest BCUT2D eigenvalue weighted by molar-refractivity contribution is 5.56. The molecule has 1 aromatic carbocycles. The molecule has 1 aromatic heterocycles. The van der Waals surface area contributed by atoms with Crippen molar-refractivity contribution in [3.8, 4) is 17.1 Å². The number of nitrogens with zero attached hydrogens (tertiary/aromatic N) is 2. The first-order chi connectivity index (χ1) is 7.22. The lowest BCUT2D eigenvalue weighted by molar-refractivity contribution is 0.415. The Hall–Kier alpha value is -2.24. The largest absolute Gasteiger partial charge is 0.497 e. The van der Waals surface area contributed by atoms with Gasteiger partial charge in [0.15, 0.2) is 5.82 Å². The van der Waals surface area contributed by atoms with Crippen molar-refractivity contribution in [1.82, 2.24) is 14.9 Å². The quantitative estimate of drug-likeness (QED) is 0.675. The molecule has 0 aliphatic carbocycles. The van der Waals surface area contributed by atoms with E-state index in [0.29, 0.717) is 5.82 Å². The fourth-order valence-corrected chi connectivity index (χ4v) is 1.25. The summed E-state index contributed by atoms with van der Waals surface area (Å²) in [7, 11) is 1.59. The van der Waals surface area contributed by atoms with Gasteiger partial charge in [0.05, 0.1) is 7.11 Å². The Morgan fingerprint density at radius 2 is 2.07 bits per heavy atom. The van der Waals surface area contributed by atoms with Gasteiger partial charge in [-0.2, -0.15) is 9.77 Å². The Morgan fingerprint density at radius 3 is 2.53 bits per heavy atom. The van der Waals surface area contributed by atoms with Crippen LogP contribution in [0.5, 0.6) is 5.75 Å². The van der Waals surface area contributed by atoms with E-state index in [4.69, 9.17) is 10.6 Å². The molecule has 6 nitrogen and oxygen atoms in total. The molecule has 0 radical (unpaired) electrons. The standard InChI is InChI=1S/C9H10N4O2/c1-15-7-4-2-6(3-5-7)8-11-12-9(14)13(8)10/h2-5H,10H2,1H3,(H,12,14). The number of nitrogens with one attached hydrogen (secondary N) is 1. The minimum absolute atomic E-state index is 0.391. The van der Waals surface area contributed by atoms with Crippen LogP contribution in [0.2, 0.25) is 0 Å². The molecule has 0 unspecified atom stereocenters. The van der Waals surface area contributed by atoms with Gasteiger partial charge in [-0.1, -0.05) is 0 Å². The van der Waals surface area contributed by atoms with Gasteiger partial charge in [-0.15, -0.1) is 0 Å². The van der Waals surface area contributed by atoms with Crippen molar-refractivity contribution in [3.05, 3.63) is 34.7 Å². The molecular weight excluding hydrogens is 196 g/mol. The van der Waals surface area contributed by atoms with E-state index in [9.17, 15) is 4.79 Å². The van der Waals surface area contributed by atoms with Gasteiger partial charge in [0.2, 0.25) is 0 Å². The van der Waals surface area contributed by atoms with Crippen molar-refractivity contribution in [2.75, 3.05) is 13.0 Å². The highest BCUT2D eigenvalue weighted by Crippen LogP contribution is 2.18. The summed E-state index contributed by atoms with van der Waals surface area (Å²) in [4.78, 5) is 11.0. The van der Waals surface area contributed by atoms with Gasteiger partial charge >= 0.3 is 5.69 Å². The predicted octanol–water partition coefficient (Wildman–Crippen LogP) is -0.0392. The second-order valence-electron chi connectivity index (χ2n) is 2.95. The van der Waals surface area contributed by atoms with Crippen LogP contribution in [0.1, 0.15) is 0 Å². The van der Waals surface area contributed by atoms with Crippen molar-refractivity contribution >= 4 is 0 Å². The van der Waals surface area contributed by atoms with E-state index in [1.165, 1.54) is 0 Å². The monoisotopic (exact) mass is 206 g/mol. The molecule has 0 saturated carbocycles. The van der Waals surface area contributed by atoms with Crippen LogP contribution in [0.3, 0.4) is 0 Å². The summed E-state index contributed by atoms with van der Waals surface area (Å²) in [6, 6.07) is 7.10. The summed E-state index contributed by atoms with van der Waals surface area (Å²) in [6.07, 6.45) is 0. The third kappa shape index (κ3) is 1.56. The number of ether oxygens (including phenoxy) is 1. The minimum atomic E-state index is -0.444. The minimum Gasteiger partial charge on any atom is -0.497 e. The summed E-state index contributed by atoms with van der Waals surface area (Å²) in [5, 5.41) is 6.07. The van der Waals surface area contributed by atoms with Crippen LogP contribution >= 0.6 is 0 Å². The van der Waals surface area contributed by atoms with E-state index in [2.05, 4.69) is 10.2 Å². The van der Waals surface area contributed by atoms with Crippen molar-refractivity contribution in [1.29, 1.82) is 0 Å². The van der Waals surface area contributed by atoms with Crippen molar-refractivity contribution in [3.63, 3.8) is 0 Å². The number of aromatic amines is 1. The number of rotatable bonds is 2. The second-order valence-corrected chi connectivity index (χ2v) is 2.95. The fraction of sp³-hybridized carbons (Fsp3) is 0.111. The first-order valence-corrected chi connectivity index (χ1v) is 4.29. The average Bonchev–Trinajstić information content (AvgIpc) is 2.60. The summed E-state index contributed by atoms with van der Waals surface area (Å²) in [5.74, 6) is 6.61. The average molecular weight is 206 g/mol. The van der Waals surface area contributed by atoms with Gasteiger partial charge in [0.25, 0.3) is 0 Å².